The van der Waals surface area contributed by atoms with Gasteiger partial charge >= 0.3 is 0 Å². The molecule has 0 fully saturated rings. The molecule has 3 rings (SSSR count). The quantitative estimate of drug-likeness (QED) is 0.364. The summed E-state index contributed by atoms with van der Waals surface area (Å²) >= 11 is 0. The van der Waals surface area contributed by atoms with E-state index in [0.717, 1.165) is 29.8 Å². The lowest BCUT2D eigenvalue weighted by molar-refractivity contribution is 0.552. The molecule has 0 heterocycles. The SMILES string of the molecule is CCN(C)C=Nc1cc(C)c(Cc2ccc(-c3ccc(F)cc3)cc2)cc1C. The van der Waals surface area contributed by atoms with Gasteiger partial charge in [0.15, 0.2) is 0 Å². The minimum Gasteiger partial charge on any atom is -0.366 e. The molecule has 0 aliphatic carbocycles. The standard InChI is InChI=1S/C25H27FN2/c1-5-28(4)17-27-25-15-18(2)23(14-19(25)3)16-20-6-8-21(9-7-20)22-10-12-24(26)13-11-22/h6-15,17H,5,16H2,1-4H3. The normalized spacial score (nSPS) is 11.2. The molecule has 0 N–H and O–H groups in total. The monoisotopic (exact) mass is 374 g/mol. The molecule has 3 heteroatoms. The molecule has 3 aromatic rings. The van der Waals surface area contributed by atoms with Crippen LogP contribution in [0.25, 0.3) is 11.1 Å². The van der Waals surface area contributed by atoms with Crippen LogP contribution in [-0.4, -0.2) is 24.8 Å². The molecular formula is C25H27FN2. The van der Waals surface area contributed by atoms with Crippen molar-refractivity contribution >= 4 is 12.0 Å². The van der Waals surface area contributed by atoms with Crippen molar-refractivity contribution in [3.63, 3.8) is 0 Å². The van der Waals surface area contributed by atoms with Gasteiger partial charge < -0.3 is 4.90 Å². The number of rotatable bonds is 6. The number of hydrogen-bond acceptors (Lipinski definition) is 1. The van der Waals surface area contributed by atoms with Crippen LogP contribution in [0, 0.1) is 19.7 Å². The van der Waals surface area contributed by atoms with Crippen LogP contribution in [0.1, 0.15) is 29.2 Å². The second-order valence-electron chi connectivity index (χ2n) is 7.26. The van der Waals surface area contributed by atoms with E-state index in [1.165, 1.54) is 34.4 Å². The Morgan fingerprint density at radius 1 is 0.893 bits per heavy atom. The maximum Gasteiger partial charge on any atom is 0.123 e. The van der Waals surface area contributed by atoms with E-state index in [-0.39, 0.29) is 5.82 Å². The molecule has 0 aliphatic heterocycles. The van der Waals surface area contributed by atoms with Crippen molar-refractivity contribution in [2.75, 3.05) is 13.6 Å². The number of nitrogens with zero attached hydrogens (tertiary/aromatic N) is 2. The van der Waals surface area contributed by atoms with Gasteiger partial charge in [-0.1, -0.05) is 42.5 Å². The molecule has 0 saturated heterocycles. The molecule has 0 radical (unpaired) electrons. The molecule has 0 saturated carbocycles. The summed E-state index contributed by atoms with van der Waals surface area (Å²) in [5.74, 6) is -0.208. The maximum atomic E-state index is 13.1. The van der Waals surface area contributed by atoms with Gasteiger partial charge in [0.2, 0.25) is 0 Å². The Hall–Kier alpha value is -2.94. The number of halogens is 1. The molecule has 0 aromatic heterocycles. The lowest BCUT2D eigenvalue weighted by Crippen LogP contribution is -2.14. The van der Waals surface area contributed by atoms with Crippen molar-refractivity contribution in [2.24, 2.45) is 4.99 Å². The highest BCUT2D eigenvalue weighted by Gasteiger charge is 2.06. The zero-order valence-electron chi connectivity index (χ0n) is 17.0. The topological polar surface area (TPSA) is 15.6 Å². The number of aliphatic imine (C=N–C) groups is 1. The Balaban J connectivity index is 1.77. The van der Waals surface area contributed by atoms with Crippen molar-refractivity contribution in [3.8, 4) is 11.1 Å². The summed E-state index contributed by atoms with van der Waals surface area (Å²) in [6.07, 6.45) is 2.77. The van der Waals surface area contributed by atoms with Gasteiger partial charge in [-0.3, -0.25) is 0 Å². The van der Waals surface area contributed by atoms with Gasteiger partial charge in [-0.2, -0.15) is 0 Å². The Morgan fingerprint density at radius 3 is 2.11 bits per heavy atom. The molecule has 0 atom stereocenters. The van der Waals surface area contributed by atoms with Gasteiger partial charge in [0.25, 0.3) is 0 Å². The van der Waals surface area contributed by atoms with Crippen LogP contribution < -0.4 is 0 Å². The Labute approximate surface area is 167 Å². The number of hydrogen-bond donors (Lipinski definition) is 0. The smallest absolute Gasteiger partial charge is 0.123 e. The van der Waals surface area contributed by atoms with Crippen molar-refractivity contribution < 1.29 is 4.39 Å². The van der Waals surface area contributed by atoms with Gasteiger partial charge in [-0.15, -0.1) is 0 Å². The first-order valence-electron chi connectivity index (χ1n) is 9.65. The lowest BCUT2D eigenvalue weighted by Gasteiger charge is -2.12. The van der Waals surface area contributed by atoms with Crippen LogP contribution >= 0.6 is 0 Å². The summed E-state index contributed by atoms with van der Waals surface area (Å²) in [4.78, 5) is 6.67. The second-order valence-corrected chi connectivity index (χ2v) is 7.26. The summed E-state index contributed by atoms with van der Waals surface area (Å²) in [6, 6.07) is 19.5. The van der Waals surface area contributed by atoms with Crippen molar-refractivity contribution in [3.05, 3.63) is 88.7 Å². The summed E-state index contributed by atoms with van der Waals surface area (Å²) < 4.78 is 13.1. The Morgan fingerprint density at radius 2 is 1.50 bits per heavy atom. The third kappa shape index (κ3) is 4.86. The fourth-order valence-electron chi connectivity index (χ4n) is 3.11. The predicted octanol–water partition coefficient (Wildman–Crippen LogP) is 6.31. The summed E-state index contributed by atoms with van der Waals surface area (Å²) in [6.45, 7) is 7.30. The van der Waals surface area contributed by atoms with Crippen molar-refractivity contribution in [1.82, 2.24) is 4.90 Å². The first-order valence-corrected chi connectivity index (χ1v) is 9.65. The second kappa shape index (κ2) is 8.83. The third-order valence-electron chi connectivity index (χ3n) is 5.07. The van der Waals surface area contributed by atoms with Gasteiger partial charge in [0, 0.05) is 13.6 Å². The molecule has 144 valence electrons. The highest BCUT2D eigenvalue weighted by molar-refractivity contribution is 5.65. The summed E-state index contributed by atoms with van der Waals surface area (Å²) in [5, 5.41) is 0. The van der Waals surface area contributed by atoms with Crippen LogP contribution in [-0.2, 0) is 6.42 Å². The fraction of sp³-hybridized carbons (Fsp3) is 0.240. The Kier molecular flexibility index (Phi) is 6.25. The molecule has 2 nitrogen and oxygen atoms in total. The van der Waals surface area contributed by atoms with E-state index in [4.69, 9.17) is 0 Å². The molecule has 0 aliphatic rings. The molecule has 0 spiro atoms. The first-order chi connectivity index (χ1) is 13.5. The van der Waals surface area contributed by atoms with E-state index in [2.05, 4.69) is 67.1 Å². The average molecular weight is 375 g/mol. The van der Waals surface area contributed by atoms with Crippen LogP contribution in [0.4, 0.5) is 10.1 Å². The lowest BCUT2D eigenvalue weighted by atomic mass is 9.96. The van der Waals surface area contributed by atoms with Gasteiger partial charge in [-0.05, 0) is 78.8 Å². The molecular weight excluding hydrogens is 347 g/mol. The average Bonchev–Trinajstić information content (AvgIpc) is 2.70. The minimum atomic E-state index is -0.208. The summed E-state index contributed by atoms with van der Waals surface area (Å²) in [5.41, 5.74) is 8.16. The Bertz CT molecular complexity index is 957. The molecule has 0 bridgehead atoms. The van der Waals surface area contributed by atoms with E-state index in [0.29, 0.717) is 0 Å². The largest absolute Gasteiger partial charge is 0.366 e. The van der Waals surface area contributed by atoms with Crippen LogP contribution in [0.2, 0.25) is 0 Å². The highest BCUT2D eigenvalue weighted by Crippen LogP contribution is 2.26. The molecule has 0 unspecified atom stereocenters. The predicted molar refractivity (Wildman–Crippen MR) is 117 cm³/mol. The zero-order chi connectivity index (χ0) is 20.1. The van der Waals surface area contributed by atoms with E-state index in [1.807, 2.05) is 25.5 Å². The van der Waals surface area contributed by atoms with Gasteiger partial charge in [0.05, 0.1) is 12.0 Å². The third-order valence-corrected chi connectivity index (χ3v) is 5.07. The summed E-state index contributed by atoms with van der Waals surface area (Å²) in [7, 11) is 2.02. The zero-order valence-corrected chi connectivity index (χ0v) is 17.0. The number of aryl methyl sites for hydroxylation is 2. The van der Waals surface area contributed by atoms with Crippen molar-refractivity contribution in [2.45, 2.75) is 27.2 Å². The van der Waals surface area contributed by atoms with Crippen molar-refractivity contribution in [1.29, 1.82) is 0 Å². The molecule has 0 amide bonds. The molecule has 28 heavy (non-hydrogen) atoms. The van der Waals surface area contributed by atoms with Crippen LogP contribution in [0.15, 0.2) is 65.7 Å². The number of benzene rings is 3. The first kappa shape index (κ1) is 19.8. The highest BCUT2D eigenvalue weighted by atomic mass is 19.1. The van der Waals surface area contributed by atoms with E-state index >= 15 is 0 Å². The van der Waals surface area contributed by atoms with Gasteiger partial charge in [0.1, 0.15) is 5.82 Å². The van der Waals surface area contributed by atoms with E-state index in [9.17, 15) is 4.39 Å². The maximum absolute atomic E-state index is 13.1. The molecule has 3 aromatic carbocycles. The van der Waals surface area contributed by atoms with E-state index < -0.39 is 0 Å². The van der Waals surface area contributed by atoms with Crippen LogP contribution in [0.5, 0.6) is 0 Å². The van der Waals surface area contributed by atoms with Crippen LogP contribution in [0.3, 0.4) is 0 Å². The minimum absolute atomic E-state index is 0.208. The van der Waals surface area contributed by atoms with Gasteiger partial charge in [-0.25, -0.2) is 9.38 Å². The fourth-order valence-corrected chi connectivity index (χ4v) is 3.11. The van der Waals surface area contributed by atoms with E-state index in [1.54, 1.807) is 0 Å².